The van der Waals surface area contributed by atoms with Gasteiger partial charge in [0.1, 0.15) is 5.25 Å². The first-order chi connectivity index (χ1) is 12.7. The normalized spacial score (nSPS) is 11.4. The highest BCUT2D eigenvalue weighted by Gasteiger charge is 2.22. The third kappa shape index (κ3) is 7.03. The van der Waals surface area contributed by atoms with Crippen molar-refractivity contribution in [2.45, 2.75) is 16.6 Å². The summed E-state index contributed by atoms with van der Waals surface area (Å²) in [7, 11) is 1.66. The van der Waals surface area contributed by atoms with Gasteiger partial charge in [-0.05, 0) is 36.3 Å². The molecule has 0 radical (unpaired) electrons. The van der Waals surface area contributed by atoms with Crippen molar-refractivity contribution in [3.8, 4) is 0 Å². The maximum atomic E-state index is 12.7. The second-order valence-corrected chi connectivity index (χ2v) is 7.02. The Hall–Kier alpha value is -2.09. The van der Waals surface area contributed by atoms with Gasteiger partial charge in [-0.15, -0.1) is 11.8 Å². The quantitative estimate of drug-likeness (QED) is 0.279. The van der Waals surface area contributed by atoms with E-state index in [1.54, 1.807) is 7.11 Å². The highest BCUT2D eigenvalue weighted by molar-refractivity contribution is 8.00. The number of thiocarbonyl (C=S) groups is 1. The van der Waals surface area contributed by atoms with Gasteiger partial charge in [-0.3, -0.25) is 15.6 Å². The molecular formula is C19H23N3O2S2. The average Bonchev–Trinajstić information content (AvgIpc) is 2.69. The van der Waals surface area contributed by atoms with Crippen LogP contribution in [0.5, 0.6) is 0 Å². The molecule has 1 atom stereocenters. The van der Waals surface area contributed by atoms with E-state index in [-0.39, 0.29) is 11.2 Å². The number of amides is 1. The van der Waals surface area contributed by atoms with Crippen molar-refractivity contribution >= 4 is 35.0 Å². The van der Waals surface area contributed by atoms with Crippen molar-refractivity contribution in [1.82, 2.24) is 16.2 Å². The van der Waals surface area contributed by atoms with Gasteiger partial charge in [-0.2, -0.15) is 0 Å². The molecule has 3 N–H and O–H groups in total. The van der Waals surface area contributed by atoms with Crippen LogP contribution in [0.2, 0.25) is 0 Å². The summed E-state index contributed by atoms with van der Waals surface area (Å²) in [6.07, 6.45) is 0.836. The molecule has 0 unspecified atom stereocenters. The number of rotatable bonds is 8. The summed E-state index contributed by atoms with van der Waals surface area (Å²) in [6.45, 7) is 1.34. The zero-order valence-electron chi connectivity index (χ0n) is 14.6. The third-order valence-corrected chi connectivity index (χ3v) is 4.96. The SMILES string of the molecule is COCCCNC(=S)NNC(=O)[C@H](Sc1ccccc1)c1ccccc1. The molecule has 2 aromatic carbocycles. The van der Waals surface area contributed by atoms with E-state index in [9.17, 15) is 4.79 Å². The van der Waals surface area contributed by atoms with E-state index in [2.05, 4.69) is 16.2 Å². The van der Waals surface area contributed by atoms with Crippen LogP contribution in [-0.2, 0) is 9.53 Å². The highest BCUT2D eigenvalue weighted by atomic mass is 32.2. The van der Waals surface area contributed by atoms with Gasteiger partial charge >= 0.3 is 0 Å². The fourth-order valence-corrected chi connectivity index (χ4v) is 3.38. The monoisotopic (exact) mass is 389 g/mol. The van der Waals surface area contributed by atoms with E-state index in [0.29, 0.717) is 18.3 Å². The Morgan fingerprint density at radius 3 is 2.38 bits per heavy atom. The van der Waals surface area contributed by atoms with Crippen molar-refractivity contribution in [1.29, 1.82) is 0 Å². The van der Waals surface area contributed by atoms with Crippen LogP contribution >= 0.6 is 24.0 Å². The maximum absolute atomic E-state index is 12.7. The number of hydrogen-bond acceptors (Lipinski definition) is 4. The number of hydrogen-bond donors (Lipinski definition) is 3. The first-order valence-corrected chi connectivity index (χ1v) is 9.59. The Labute approximate surface area is 163 Å². The number of hydrazine groups is 1. The van der Waals surface area contributed by atoms with Crippen molar-refractivity contribution < 1.29 is 9.53 Å². The Morgan fingerprint density at radius 1 is 1.08 bits per heavy atom. The van der Waals surface area contributed by atoms with Crippen molar-refractivity contribution in [2.75, 3.05) is 20.3 Å². The minimum Gasteiger partial charge on any atom is -0.385 e. The molecule has 0 heterocycles. The molecule has 0 fully saturated rings. The maximum Gasteiger partial charge on any atom is 0.256 e. The molecule has 138 valence electrons. The van der Waals surface area contributed by atoms with Crippen LogP contribution in [0, 0.1) is 0 Å². The van der Waals surface area contributed by atoms with E-state index in [1.165, 1.54) is 11.8 Å². The van der Waals surface area contributed by atoms with Gasteiger partial charge in [0.15, 0.2) is 5.11 Å². The third-order valence-electron chi connectivity index (χ3n) is 3.45. The predicted octanol–water partition coefficient (Wildman–Crippen LogP) is 3.05. The molecule has 26 heavy (non-hydrogen) atoms. The Bertz CT molecular complexity index is 684. The van der Waals surface area contributed by atoms with Gasteiger partial charge < -0.3 is 10.1 Å². The van der Waals surface area contributed by atoms with Gasteiger partial charge in [0, 0.05) is 25.2 Å². The number of methoxy groups -OCH3 is 1. The van der Waals surface area contributed by atoms with E-state index in [0.717, 1.165) is 16.9 Å². The average molecular weight is 390 g/mol. The number of nitrogens with one attached hydrogen (secondary N) is 3. The van der Waals surface area contributed by atoms with Crippen molar-refractivity contribution in [2.24, 2.45) is 0 Å². The van der Waals surface area contributed by atoms with Crippen LogP contribution in [-0.4, -0.2) is 31.3 Å². The first kappa shape index (κ1) is 20.2. The molecule has 7 heteroatoms. The van der Waals surface area contributed by atoms with E-state index >= 15 is 0 Å². The number of benzene rings is 2. The summed E-state index contributed by atoms with van der Waals surface area (Å²) in [5.41, 5.74) is 6.39. The molecule has 0 saturated heterocycles. The largest absolute Gasteiger partial charge is 0.385 e. The predicted molar refractivity (Wildman–Crippen MR) is 110 cm³/mol. The van der Waals surface area contributed by atoms with E-state index < -0.39 is 0 Å². The van der Waals surface area contributed by atoms with Gasteiger partial charge in [-0.25, -0.2) is 0 Å². The van der Waals surface area contributed by atoms with Crippen LogP contribution in [0.15, 0.2) is 65.6 Å². The molecule has 0 aromatic heterocycles. The molecule has 0 aliphatic carbocycles. The topological polar surface area (TPSA) is 62.4 Å². The lowest BCUT2D eigenvalue weighted by Gasteiger charge is -2.18. The minimum atomic E-state index is -0.387. The lowest BCUT2D eigenvalue weighted by molar-refractivity contribution is -0.121. The second-order valence-electron chi connectivity index (χ2n) is 5.44. The Morgan fingerprint density at radius 2 is 1.73 bits per heavy atom. The summed E-state index contributed by atoms with van der Waals surface area (Å²) in [5.74, 6) is -0.161. The van der Waals surface area contributed by atoms with Crippen molar-refractivity contribution in [3.63, 3.8) is 0 Å². The molecule has 0 spiro atoms. The summed E-state index contributed by atoms with van der Waals surface area (Å²) in [4.78, 5) is 13.8. The lowest BCUT2D eigenvalue weighted by Crippen LogP contribution is -2.48. The second kappa shape index (κ2) is 11.5. The molecule has 5 nitrogen and oxygen atoms in total. The summed E-state index contributed by atoms with van der Waals surface area (Å²) in [6, 6.07) is 19.5. The molecule has 2 rings (SSSR count). The van der Waals surface area contributed by atoms with Crippen LogP contribution < -0.4 is 16.2 Å². The van der Waals surface area contributed by atoms with Gasteiger partial charge in [0.25, 0.3) is 5.91 Å². The van der Waals surface area contributed by atoms with Crippen LogP contribution in [0.25, 0.3) is 0 Å². The van der Waals surface area contributed by atoms with Crippen LogP contribution in [0.3, 0.4) is 0 Å². The first-order valence-electron chi connectivity index (χ1n) is 8.30. The van der Waals surface area contributed by atoms with Gasteiger partial charge in [0.2, 0.25) is 0 Å². The van der Waals surface area contributed by atoms with Gasteiger partial charge in [-0.1, -0.05) is 48.5 Å². The number of carbonyl (C=O) groups is 1. The highest BCUT2D eigenvalue weighted by Crippen LogP contribution is 2.35. The smallest absolute Gasteiger partial charge is 0.256 e. The van der Waals surface area contributed by atoms with Crippen LogP contribution in [0.1, 0.15) is 17.2 Å². The molecule has 0 aliphatic heterocycles. The number of ether oxygens (including phenoxy) is 1. The molecule has 2 aromatic rings. The summed E-state index contributed by atoms with van der Waals surface area (Å²) in [5, 5.41) is 3.01. The summed E-state index contributed by atoms with van der Waals surface area (Å²) < 4.78 is 4.98. The fraction of sp³-hybridized carbons (Fsp3) is 0.263. The Kier molecular flexibility index (Phi) is 8.95. The molecule has 0 saturated carbocycles. The zero-order chi connectivity index (χ0) is 18.6. The minimum absolute atomic E-state index is 0.161. The number of carbonyl (C=O) groups excluding carboxylic acids is 1. The number of thioether (sulfide) groups is 1. The zero-order valence-corrected chi connectivity index (χ0v) is 16.2. The Balaban J connectivity index is 1.94. The lowest BCUT2D eigenvalue weighted by atomic mass is 10.1. The molecule has 0 aliphatic rings. The standard InChI is InChI=1S/C19H23N3O2S2/c1-24-14-8-13-20-19(25)22-21-18(23)17(15-9-4-2-5-10-15)26-16-11-6-3-7-12-16/h2-7,9-12,17H,8,13-14H2,1H3,(H,21,23)(H2,20,22,25)/t17-/m1/s1. The fourth-order valence-electron chi connectivity index (χ4n) is 2.18. The van der Waals surface area contributed by atoms with E-state index in [1.807, 2.05) is 60.7 Å². The van der Waals surface area contributed by atoms with E-state index in [4.69, 9.17) is 17.0 Å². The summed E-state index contributed by atoms with van der Waals surface area (Å²) >= 11 is 6.66. The van der Waals surface area contributed by atoms with Gasteiger partial charge in [0.05, 0.1) is 0 Å². The van der Waals surface area contributed by atoms with Crippen molar-refractivity contribution in [3.05, 3.63) is 66.2 Å². The molecule has 1 amide bonds. The molecular weight excluding hydrogens is 366 g/mol. The van der Waals surface area contributed by atoms with Crippen LogP contribution in [0.4, 0.5) is 0 Å². The molecule has 0 bridgehead atoms.